The summed E-state index contributed by atoms with van der Waals surface area (Å²) in [5.74, 6) is -2.07. The summed E-state index contributed by atoms with van der Waals surface area (Å²) >= 11 is 0. The molecule has 1 aromatic carbocycles. The van der Waals surface area contributed by atoms with Gasteiger partial charge in [0, 0.05) is 12.1 Å². The van der Waals surface area contributed by atoms with E-state index in [-0.39, 0.29) is 12.2 Å². The van der Waals surface area contributed by atoms with Gasteiger partial charge < -0.3 is 4.74 Å². The van der Waals surface area contributed by atoms with Crippen LogP contribution in [0, 0.1) is 11.6 Å². The third-order valence-electron chi connectivity index (χ3n) is 3.01. The molecule has 0 unspecified atom stereocenters. The van der Waals surface area contributed by atoms with Gasteiger partial charge in [0.25, 0.3) is 0 Å². The summed E-state index contributed by atoms with van der Waals surface area (Å²) in [6.45, 7) is 2.93. The Morgan fingerprint density at radius 3 is 2.39 bits per heavy atom. The first-order valence-corrected chi connectivity index (χ1v) is 6.00. The molecule has 0 amide bonds. The van der Waals surface area contributed by atoms with Gasteiger partial charge in [-0.2, -0.15) is 0 Å². The Hall–Kier alpha value is -1.49. The molecule has 1 aromatic rings. The first-order valence-electron chi connectivity index (χ1n) is 6.00. The van der Waals surface area contributed by atoms with Crippen LogP contribution >= 0.6 is 0 Å². The number of benzene rings is 1. The number of hydrogen-bond donors (Lipinski definition) is 0. The van der Waals surface area contributed by atoms with Crippen LogP contribution in [0.3, 0.4) is 0 Å². The highest BCUT2D eigenvalue weighted by atomic mass is 19.1. The molecular formula is C13H15F2NO2. The minimum Gasteiger partial charge on any atom is -0.486 e. The Balaban J connectivity index is 1.94. The molecule has 0 radical (unpaired) electrons. The van der Waals surface area contributed by atoms with Crippen LogP contribution in [0.15, 0.2) is 12.1 Å². The first kappa shape index (κ1) is 13.0. The summed E-state index contributed by atoms with van der Waals surface area (Å²) in [7, 11) is 0. The fourth-order valence-corrected chi connectivity index (χ4v) is 2.07. The molecule has 5 heteroatoms. The van der Waals surface area contributed by atoms with Crippen molar-refractivity contribution in [3.63, 3.8) is 0 Å². The maximum Gasteiger partial charge on any atom is 0.190 e. The molecule has 0 spiro atoms. The minimum atomic E-state index is -0.835. The number of aldehydes is 1. The normalized spacial score (nSPS) is 15.9. The smallest absolute Gasteiger partial charge is 0.190 e. The molecule has 1 fully saturated rings. The van der Waals surface area contributed by atoms with Crippen molar-refractivity contribution >= 4 is 6.29 Å². The van der Waals surface area contributed by atoms with E-state index < -0.39 is 17.4 Å². The van der Waals surface area contributed by atoms with E-state index in [1.54, 1.807) is 0 Å². The van der Waals surface area contributed by atoms with Crippen LogP contribution < -0.4 is 4.74 Å². The van der Waals surface area contributed by atoms with Crippen LogP contribution in [-0.4, -0.2) is 37.4 Å². The molecule has 0 saturated carbocycles. The molecule has 98 valence electrons. The number of ether oxygens (including phenoxy) is 1. The number of halogens is 2. The number of nitrogens with zero attached hydrogens (tertiary/aromatic N) is 1. The second-order valence-corrected chi connectivity index (χ2v) is 4.33. The zero-order chi connectivity index (χ0) is 13.0. The molecular weight excluding hydrogens is 240 g/mol. The molecule has 3 nitrogen and oxygen atoms in total. The van der Waals surface area contributed by atoms with Crippen molar-refractivity contribution in [2.24, 2.45) is 0 Å². The third-order valence-corrected chi connectivity index (χ3v) is 3.01. The summed E-state index contributed by atoms with van der Waals surface area (Å²) in [6.07, 6.45) is 2.73. The molecule has 0 atom stereocenters. The topological polar surface area (TPSA) is 29.5 Å². The first-order chi connectivity index (χ1) is 8.70. The van der Waals surface area contributed by atoms with E-state index in [9.17, 15) is 13.6 Å². The van der Waals surface area contributed by atoms with Crippen LogP contribution in [0.2, 0.25) is 0 Å². The van der Waals surface area contributed by atoms with Gasteiger partial charge in [-0.25, -0.2) is 8.78 Å². The van der Waals surface area contributed by atoms with Crippen molar-refractivity contribution in [3.05, 3.63) is 29.3 Å². The second kappa shape index (κ2) is 5.91. The van der Waals surface area contributed by atoms with Crippen molar-refractivity contribution in [2.45, 2.75) is 12.8 Å². The Morgan fingerprint density at radius 1 is 1.22 bits per heavy atom. The number of carbonyl (C=O) groups excluding carboxylic acids is 1. The van der Waals surface area contributed by atoms with Crippen molar-refractivity contribution < 1.29 is 18.3 Å². The Labute approximate surface area is 104 Å². The van der Waals surface area contributed by atoms with E-state index in [0.29, 0.717) is 12.8 Å². The molecule has 18 heavy (non-hydrogen) atoms. The Bertz CT molecular complexity index is 408. The van der Waals surface area contributed by atoms with Gasteiger partial charge in [-0.05, 0) is 38.1 Å². The standard InChI is InChI=1S/C13H15F2NO2/c14-11-7-10(9-17)8-12(15)13(11)18-6-5-16-3-1-2-4-16/h7-9H,1-6H2. The quantitative estimate of drug-likeness (QED) is 0.756. The molecule has 0 bridgehead atoms. The third kappa shape index (κ3) is 3.04. The van der Waals surface area contributed by atoms with E-state index in [0.717, 1.165) is 38.1 Å². The lowest BCUT2D eigenvalue weighted by Crippen LogP contribution is -2.25. The average molecular weight is 255 g/mol. The molecule has 1 aliphatic heterocycles. The van der Waals surface area contributed by atoms with E-state index in [2.05, 4.69) is 4.90 Å². The highest BCUT2D eigenvalue weighted by Crippen LogP contribution is 2.22. The highest BCUT2D eigenvalue weighted by molar-refractivity contribution is 5.75. The molecule has 1 aliphatic rings. The lowest BCUT2D eigenvalue weighted by molar-refractivity contribution is 0.112. The number of carbonyl (C=O) groups is 1. The minimum absolute atomic E-state index is 0.0307. The largest absolute Gasteiger partial charge is 0.486 e. The number of rotatable bonds is 5. The lowest BCUT2D eigenvalue weighted by Gasteiger charge is -2.15. The van der Waals surface area contributed by atoms with Crippen LogP contribution in [-0.2, 0) is 0 Å². The maximum atomic E-state index is 13.5. The molecule has 0 aliphatic carbocycles. The zero-order valence-electron chi connectivity index (χ0n) is 9.99. The van der Waals surface area contributed by atoms with E-state index in [4.69, 9.17) is 4.74 Å². The van der Waals surface area contributed by atoms with Crippen molar-refractivity contribution in [3.8, 4) is 5.75 Å². The highest BCUT2D eigenvalue weighted by Gasteiger charge is 2.14. The summed E-state index contributed by atoms with van der Waals surface area (Å²) < 4.78 is 32.0. The van der Waals surface area contributed by atoms with Gasteiger partial charge >= 0.3 is 0 Å². The molecule has 1 heterocycles. The lowest BCUT2D eigenvalue weighted by atomic mass is 10.2. The summed E-state index contributed by atoms with van der Waals surface area (Å²) in [4.78, 5) is 12.6. The van der Waals surface area contributed by atoms with Crippen LogP contribution in [0.25, 0.3) is 0 Å². The maximum absolute atomic E-state index is 13.5. The van der Waals surface area contributed by atoms with Gasteiger partial charge in [-0.1, -0.05) is 0 Å². The molecule has 1 saturated heterocycles. The fraction of sp³-hybridized carbons (Fsp3) is 0.462. The van der Waals surface area contributed by atoms with Crippen LogP contribution in [0.1, 0.15) is 23.2 Å². The predicted octanol–water partition coefficient (Wildman–Crippen LogP) is 2.25. The summed E-state index contributed by atoms with van der Waals surface area (Å²) in [5.41, 5.74) is -0.0307. The molecule has 0 N–H and O–H groups in total. The van der Waals surface area contributed by atoms with Gasteiger partial charge in [0.15, 0.2) is 17.4 Å². The Kier molecular flexibility index (Phi) is 4.25. The van der Waals surface area contributed by atoms with E-state index in [1.165, 1.54) is 0 Å². The SMILES string of the molecule is O=Cc1cc(F)c(OCCN2CCCC2)c(F)c1. The summed E-state index contributed by atoms with van der Waals surface area (Å²) in [6, 6.07) is 1.95. The Morgan fingerprint density at radius 2 is 1.83 bits per heavy atom. The van der Waals surface area contributed by atoms with Gasteiger partial charge in [0.05, 0.1) is 0 Å². The van der Waals surface area contributed by atoms with E-state index >= 15 is 0 Å². The van der Waals surface area contributed by atoms with Gasteiger partial charge in [0.1, 0.15) is 12.9 Å². The van der Waals surface area contributed by atoms with Gasteiger partial charge in [-0.3, -0.25) is 9.69 Å². The number of likely N-dealkylation sites (tertiary alicyclic amines) is 1. The van der Waals surface area contributed by atoms with Gasteiger partial charge in [-0.15, -0.1) is 0 Å². The molecule has 2 rings (SSSR count). The predicted molar refractivity (Wildman–Crippen MR) is 62.9 cm³/mol. The van der Waals surface area contributed by atoms with Crippen molar-refractivity contribution in [1.29, 1.82) is 0 Å². The van der Waals surface area contributed by atoms with Crippen LogP contribution in [0.4, 0.5) is 8.78 Å². The van der Waals surface area contributed by atoms with Crippen LogP contribution in [0.5, 0.6) is 5.75 Å². The number of hydrogen-bond acceptors (Lipinski definition) is 3. The fourth-order valence-electron chi connectivity index (χ4n) is 2.07. The summed E-state index contributed by atoms with van der Waals surface area (Å²) in [5, 5.41) is 0. The second-order valence-electron chi connectivity index (χ2n) is 4.33. The molecule has 0 aromatic heterocycles. The van der Waals surface area contributed by atoms with Crippen molar-refractivity contribution in [1.82, 2.24) is 4.90 Å². The monoisotopic (exact) mass is 255 g/mol. The average Bonchev–Trinajstić information content (AvgIpc) is 2.85. The van der Waals surface area contributed by atoms with Gasteiger partial charge in [0.2, 0.25) is 0 Å². The zero-order valence-corrected chi connectivity index (χ0v) is 9.99. The van der Waals surface area contributed by atoms with E-state index in [1.807, 2.05) is 0 Å². The van der Waals surface area contributed by atoms with Crippen molar-refractivity contribution in [2.75, 3.05) is 26.2 Å².